The molecule has 0 fully saturated rings. The van der Waals surface area contributed by atoms with Crippen LogP contribution in [0.15, 0.2) is 0 Å². The molecule has 0 saturated heterocycles. The Bertz CT molecular complexity index is 271. The Morgan fingerprint density at radius 1 is 0.750 bits per heavy atom. The van der Waals surface area contributed by atoms with Gasteiger partial charge in [-0.1, -0.05) is 46.4 Å². The van der Waals surface area contributed by atoms with Crippen LogP contribution in [0.5, 0.6) is 0 Å². The Morgan fingerprint density at radius 3 is 1.06 bits per heavy atom. The molecule has 2 unspecified atom stereocenters. The average molecular weight is 390 g/mol. The molecular formula is C6H2Cl8O2. The van der Waals surface area contributed by atoms with E-state index in [9.17, 15) is 9.59 Å². The molecule has 0 heterocycles. The van der Waals surface area contributed by atoms with E-state index in [4.69, 9.17) is 92.8 Å². The van der Waals surface area contributed by atoms with E-state index in [0.29, 0.717) is 0 Å². The van der Waals surface area contributed by atoms with Crippen LogP contribution in [0.3, 0.4) is 0 Å². The Balaban J connectivity index is 5.08. The average Bonchev–Trinajstić information content (AvgIpc) is 2.14. The summed E-state index contributed by atoms with van der Waals surface area (Å²) in [4.78, 5) is 21.7. The first kappa shape index (κ1) is 17.7. The minimum atomic E-state index is -2.25. The van der Waals surface area contributed by atoms with Crippen molar-refractivity contribution >= 4 is 103 Å². The fraction of sp³-hybridized carbons (Fsp3) is 0.667. The van der Waals surface area contributed by atoms with Gasteiger partial charge in [0.1, 0.15) is 0 Å². The van der Waals surface area contributed by atoms with Crippen molar-refractivity contribution in [2.75, 3.05) is 0 Å². The minimum absolute atomic E-state index is 1.19. The Labute approximate surface area is 131 Å². The Morgan fingerprint density at radius 2 is 0.938 bits per heavy atom. The quantitative estimate of drug-likeness (QED) is 0.524. The van der Waals surface area contributed by atoms with Crippen LogP contribution >= 0.6 is 92.8 Å². The van der Waals surface area contributed by atoms with Gasteiger partial charge in [-0.15, -0.1) is 23.2 Å². The van der Waals surface area contributed by atoms with Gasteiger partial charge in [-0.2, -0.15) is 0 Å². The summed E-state index contributed by atoms with van der Waals surface area (Å²) in [6.45, 7) is 0. The molecule has 0 aliphatic heterocycles. The maximum Gasteiger partial charge on any atom is 0.259 e. The van der Waals surface area contributed by atoms with Crippen molar-refractivity contribution in [2.45, 2.75) is 19.4 Å². The molecule has 0 bridgehead atoms. The molecule has 0 rings (SSSR count). The van der Waals surface area contributed by atoms with Crippen molar-refractivity contribution in [3.8, 4) is 0 Å². The molecule has 0 aliphatic rings. The maximum atomic E-state index is 10.9. The first-order valence-electron chi connectivity index (χ1n) is 3.39. The second kappa shape index (κ2) is 6.21. The third-order valence-electron chi connectivity index (χ3n) is 1.47. The van der Waals surface area contributed by atoms with Crippen LogP contribution < -0.4 is 0 Å². The minimum Gasteiger partial charge on any atom is -0.278 e. The SMILES string of the molecule is O=C(Cl)C(Cl)(Cl)C(Cl)C(Cl)C(Cl)(Cl)C(=O)Cl. The molecule has 0 N–H and O–H groups in total. The first-order valence-corrected chi connectivity index (χ1v) is 6.53. The van der Waals surface area contributed by atoms with Gasteiger partial charge in [0, 0.05) is 0 Å². The van der Waals surface area contributed by atoms with Crippen molar-refractivity contribution in [3.05, 3.63) is 0 Å². The molecule has 2 nitrogen and oxygen atoms in total. The van der Waals surface area contributed by atoms with E-state index in [2.05, 4.69) is 0 Å². The van der Waals surface area contributed by atoms with Gasteiger partial charge in [-0.05, 0) is 23.2 Å². The monoisotopic (exact) mass is 386 g/mol. The zero-order valence-electron chi connectivity index (χ0n) is 6.99. The molecule has 0 aromatic rings. The lowest BCUT2D eigenvalue weighted by Gasteiger charge is -2.30. The van der Waals surface area contributed by atoms with Crippen molar-refractivity contribution in [3.63, 3.8) is 0 Å². The lowest BCUT2D eigenvalue weighted by Crippen LogP contribution is -2.48. The van der Waals surface area contributed by atoms with Gasteiger partial charge in [0.05, 0.1) is 10.8 Å². The van der Waals surface area contributed by atoms with Crippen LogP contribution in [0.25, 0.3) is 0 Å². The molecule has 10 heteroatoms. The van der Waals surface area contributed by atoms with E-state index in [1.165, 1.54) is 0 Å². The summed E-state index contributed by atoms with van der Waals surface area (Å²) in [5, 5.41) is -5.43. The highest BCUT2D eigenvalue weighted by atomic mass is 35.5. The molecular weight excluding hydrogens is 388 g/mol. The zero-order chi connectivity index (χ0) is 13.3. The summed E-state index contributed by atoms with van der Waals surface area (Å²) in [7, 11) is 0. The van der Waals surface area contributed by atoms with E-state index in [0.717, 1.165) is 0 Å². The van der Waals surface area contributed by atoms with Crippen LogP contribution in [0.4, 0.5) is 0 Å². The van der Waals surface area contributed by atoms with Gasteiger partial charge >= 0.3 is 0 Å². The van der Waals surface area contributed by atoms with Gasteiger partial charge < -0.3 is 0 Å². The molecule has 0 amide bonds. The second-order valence-corrected chi connectivity index (χ2v) is 7.00. The van der Waals surface area contributed by atoms with Crippen LogP contribution in [0.1, 0.15) is 0 Å². The predicted octanol–water partition coefficient (Wildman–Crippen LogP) is 4.08. The summed E-state index contributed by atoms with van der Waals surface area (Å²) >= 11 is 43.6. The number of hydrogen-bond donors (Lipinski definition) is 0. The van der Waals surface area contributed by atoms with E-state index in [1.54, 1.807) is 0 Å². The molecule has 0 aromatic carbocycles. The highest BCUT2D eigenvalue weighted by molar-refractivity contribution is 6.82. The van der Waals surface area contributed by atoms with Crippen LogP contribution in [0.2, 0.25) is 0 Å². The van der Waals surface area contributed by atoms with E-state index >= 15 is 0 Å². The van der Waals surface area contributed by atoms with Crippen LogP contribution in [-0.2, 0) is 9.59 Å². The van der Waals surface area contributed by atoms with Gasteiger partial charge in [0.2, 0.25) is 8.67 Å². The van der Waals surface area contributed by atoms with Crippen LogP contribution in [-0.4, -0.2) is 29.9 Å². The number of carbonyl (C=O) groups excluding carboxylic acids is 2. The van der Waals surface area contributed by atoms with E-state index in [1.807, 2.05) is 0 Å². The second-order valence-electron chi connectivity index (χ2n) is 2.60. The third-order valence-corrected chi connectivity index (χ3v) is 5.82. The van der Waals surface area contributed by atoms with Crippen molar-refractivity contribution in [1.29, 1.82) is 0 Å². The van der Waals surface area contributed by atoms with Gasteiger partial charge in [-0.25, -0.2) is 0 Å². The lowest BCUT2D eigenvalue weighted by atomic mass is 10.1. The number of halogens is 8. The number of alkyl halides is 6. The molecule has 94 valence electrons. The Hall–Kier alpha value is 1.66. The third kappa shape index (κ3) is 3.83. The normalized spacial score (nSPS) is 16.8. The van der Waals surface area contributed by atoms with Gasteiger partial charge in [0.15, 0.2) is 0 Å². The number of carbonyl (C=O) groups is 2. The van der Waals surface area contributed by atoms with E-state index < -0.39 is 29.9 Å². The van der Waals surface area contributed by atoms with E-state index in [-0.39, 0.29) is 0 Å². The molecule has 0 aliphatic carbocycles. The highest BCUT2D eigenvalue weighted by Crippen LogP contribution is 2.43. The van der Waals surface area contributed by atoms with Crippen LogP contribution in [0, 0.1) is 0 Å². The van der Waals surface area contributed by atoms with Crippen molar-refractivity contribution in [1.82, 2.24) is 0 Å². The standard InChI is InChI=1S/C6H2Cl8O2/c7-1(5(11,12)3(9)15)2(8)6(13,14)4(10)16/h1-2H. The number of hydrogen-bond acceptors (Lipinski definition) is 2. The molecule has 0 spiro atoms. The molecule has 0 radical (unpaired) electrons. The van der Waals surface area contributed by atoms with Gasteiger partial charge in [-0.3, -0.25) is 9.59 Å². The smallest absolute Gasteiger partial charge is 0.259 e. The summed E-state index contributed by atoms with van der Waals surface area (Å²) in [5.74, 6) is 0. The topological polar surface area (TPSA) is 34.1 Å². The summed E-state index contributed by atoms with van der Waals surface area (Å²) in [6, 6.07) is 0. The summed E-state index contributed by atoms with van der Waals surface area (Å²) < 4.78 is -4.51. The lowest BCUT2D eigenvalue weighted by molar-refractivity contribution is -0.114. The van der Waals surface area contributed by atoms with Gasteiger partial charge in [0.25, 0.3) is 10.5 Å². The Kier molecular flexibility index (Phi) is 6.85. The van der Waals surface area contributed by atoms with Crippen molar-refractivity contribution in [2.24, 2.45) is 0 Å². The predicted molar refractivity (Wildman–Crippen MR) is 69.9 cm³/mol. The number of rotatable bonds is 5. The molecule has 0 aromatic heterocycles. The zero-order valence-corrected chi connectivity index (χ0v) is 13.0. The fourth-order valence-electron chi connectivity index (χ4n) is 0.584. The molecule has 16 heavy (non-hydrogen) atoms. The summed E-state index contributed by atoms with van der Waals surface area (Å²) in [6.07, 6.45) is 0. The molecule has 0 saturated carbocycles. The molecule has 2 atom stereocenters. The van der Waals surface area contributed by atoms with Crippen molar-refractivity contribution < 1.29 is 9.59 Å². The fourth-order valence-corrected chi connectivity index (χ4v) is 2.27. The first-order chi connectivity index (χ1) is 6.95. The highest BCUT2D eigenvalue weighted by Gasteiger charge is 2.53. The largest absolute Gasteiger partial charge is 0.278 e. The summed E-state index contributed by atoms with van der Waals surface area (Å²) in [5.41, 5.74) is 0. The maximum absolute atomic E-state index is 10.9.